The molecule has 0 saturated heterocycles. The van der Waals surface area contributed by atoms with Crippen LogP contribution in [0.2, 0.25) is 0 Å². The Morgan fingerprint density at radius 1 is 1.10 bits per heavy atom. The molecule has 7 nitrogen and oxygen atoms in total. The largest absolute Gasteiger partial charge is 0.451 e. The Bertz CT molecular complexity index is 1060. The fraction of sp³-hybridized carbons (Fsp3) is 0.450. The third-order valence-electron chi connectivity index (χ3n) is 5.58. The lowest BCUT2D eigenvalue weighted by Gasteiger charge is -2.18. The molecule has 4 rings (SSSR count). The molecule has 9 heteroatoms. The molecule has 0 radical (unpaired) electrons. The first-order valence-corrected chi connectivity index (χ1v) is 11.9. The average molecular weight is 483 g/mol. The smallest absolute Gasteiger partial charge is 0.333 e. The van der Waals surface area contributed by atoms with E-state index in [4.69, 9.17) is 4.42 Å². The van der Waals surface area contributed by atoms with Crippen molar-refractivity contribution in [3.63, 3.8) is 0 Å². The number of aliphatic hydroxyl groups is 1. The standard InChI is InChI=1S/C20H23BrN2O5S/c1-20(2,25)11-9-16(28-10-11)29(26,27)23-19(24)22-18-14-7-3-5-12(14)17(21)13-6-4-8-15(13)18/h9-10,25H,3-8H2,1-2H3,(H2,22,23,24). The first-order chi connectivity index (χ1) is 13.6. The summed E-state index contributed by atoms with van der Waals surface area (Å²) in [6.45, 7) is 3.03. The Balaban J connectivity index is 1.59. The number of rotatable bonds is 4. The summed E-state index contributed by atoms with van der Waals surface area (Å²) >= 11 is 3.72. The maximum atomic E-state index is 12.6. The minimum absolute atomic E-state index is 0.307. The molecule has 0 saturated carbocycles. The molecule has 2 aliphatic carbocycles. The first-order valence-electron chi connectivity index (χ1n) is 9.58. The van der Waals surface area contributed by atoms with Crippen molar-refractivity contribution in [2.24, 2.45) is 0 Å². The van der Waals surface area contributed by atoms with E-state index in [1.165, 1.54) is 37.3 Å². The van der Waals surface area contributed by atoms with Gasteiger partial charge < -0.3 is 14.8 Å². The number of carbonyl (C=O) groups is 1. The third kappa shape index (κ3) is 3.71. The van der Waals surface area contributed by atoms with Crippen LogP contribution in [0.5, 0.6) is 0 Å². The van der Waals surface area contributed by atoms with Crippen LogP contribution in [0.3, 0.4) is 0 Å². The molecule has 0 fully saturated rings. The van der Waals surface area contributed by atoms with Crippen molar-refractivity contribution < 1.29 is 22.7 Å². The Morgan fingerprint density at radius 2 is 1.66 bits per heavy atom. The molecular weight excluding hydrogens is 460 g/mol. The van der Waals surface area contributed by atoms with E-state index in [2.05, 4.69) is 21.2 Å². The highest BCUT2D eigenvalue weighted by atomic mass is 79.9. The van der Waals surface area contributed by atoms with E-state index in [1.807, 2.05) is 4.72 Å². The van der Waals surface area contributed by atoms with Gasteiger partial charge in [0, 0.05) is 21.8 Å². The van der Waals surface area contributed by atoms with Crippen molar-refractivity contribution in [2.45, 2.75) is 63.1 Å². The number of hydrogen-bond donors (Lipinski definition) is 3. The van der Waals surface area contributed by atoms with E-state index in [0.29, 0.717) is 5.56 Å². The van der Waals surface area contributed by atoms with Gasteiger partial charge in [-0.25, -0.2) is 9.52 Å². The molecule has 0 aliphatic heterocycles. The second-order valence-corrected chi connectivity index (χ2v) is 10.5. The molecule has 0 bridgehead atoms. The van der Waals surface area contributed by atoms with Gasteiger partial charge in [-0.1, -0.05) is 15.9 Å². The number of furan rings is 1. The van der Waals surface area contributed by atoms with E-state index in [-0.39, 0.29) is 0 Å². The van der Waals surface area contributed by atoms with E-state index in [0.717, 1.165) is 59.8 Å². The number of hydrogen-bond acceptors (Lipinski definition) is 5. The van der Waals surface area contributed by atoms with E-state index < -0.39 is 26.7 Å². The molecule has 0 atom stereocenters. The van der Waals surface area contributed by atoms with Crippen LogP contribution in [0.25, 0.3) is 0 Å². The fourth-order valence-electron chi connectivity index (χ4n) is 4.13. The Kier molecular flexibility index (Phi) is 5.03. The maximum Gasteiger partial charge on any atom is 0.333 e. The normalized spacial score (nSPS) is 15.9. The van der Waals surface area contributed by atoms with Crippen LogP contribution in [0.1, 0.15) is 54.5 Å². The van der Waals surface area contributed by atoms with Gasteiger partial charge in [0.25, 0.3) is 10.0 Å². The van der Waals surface area contributed by atoms with Gasteiger partial charge in [-0.2, -0.15) is 8.42 Å². The highest BCUT2D eigenvalue weighted by Crippen LogP contribution is 2.44. The summed E-state index contributed by atoms with van der Waals surface area (Å²) in [7, 11) is -4.20. The summed E-state index contributed by atoms with van der Waals surface area (Å²) in [4.78, 5) is 12.6. The second kappa shape index (κ2) is 7.14. The number of sulfonamides is 1. The topological polar surface area (TPSA) is 109 Å². The van der Waals surface area contributed by atoms with Crippen LogP contribution in [-0.2, 0) is 41.3 Å². The minimum atomic E-state index is -4.20. The number of carbonyl (C=O) groups excluding carboxylic acids is 1. The van der Waals surface area contributed by atoms with Gasteiger partial charge in [0.2, 0.25) is 5.09 Å². The lowest BCUT2D eigenvalue weighted by Crippen LogP contribution is -2.34. The first kappa shape index (κ1) is 20.4. The SMILES string of the molecule is CC(C)(O)c1coc(S(=O)(=O)NC(=O)Nc2c3c(c(Br)c4c2CCC4)CCC3)c1. The van der Waals surface area contributed by atoms with Crippen LogP contribution in [0.4, 0.5) is 10.5 Å². The molecule has 2 amide bonds. The summed E-state index contributed by atoms with van der Waals surface area (Å²) in [5.74, 6) is 0. The molecule has 156 valence electrons. The summed E-state index contributed by atoms with van der Waals surface area (Å²) in [5, 5.41) is 12.4. The van der Waals surface area contributed by atoms with Crippen LogP contribution in [0, 0.1) is 0 Å². The molecule has 2 aromatic rings. The van der Waals surface area contributed by atoms with E-state index in [9.17, 15) is 18.3 Å². The Morgan fingerprint density at radius 3 is 2.17 bits per heavy atom. The molecule has 2 aliphatic rings. The zero-order valence-corrected chi connectivity index (χ0v) is 18.7. The van der Waals surface area contributed by atoms with Crippen LogP contribution in [0.15, 0.2) is 26.3 Å². The monoisotopic (exact) mass is 482 g/mol. The molecule has 1 aromatic heterocycles. The van der Waals surface area contributed by atoms with Crippen molar-refractivity contribution in [1.82, 2.24) is 4.72 Å². The highest BCUT2D eigenvalue weighted by Gasteiger charge is 2.30. The summed E-state index contributed by atoms with van der Waals surface area (Å²) in [6, 6.07) is 0.390. The lowest BCUT2D eigenvalue weighted by molar-refractivity contribution is 0.0779. The van der Waals surface area contributed by atoms with Crippen molar-refractivity contribution in [1.29, 1.82) is 0 Å². The summed E-state index contributed by atoms with van der Waals surface area (Å²) < 4.78 is 33.3. The molecule has 1 heterocycles. The fourth-order valence-corrected chi connectivity index (χ4v) is 5.86. The summed E-state index contributed by atoms with van der Waals surface area (Å²) in [6.07, 6.45) is 6.80. The Hall–Kier alpha value is -1.84. The van der Waals surface area contributed by atoms with Gasteiger partial charge in [-0.05, 0) is 74.6 Å². The maximum absolute atomic E-state index is 12.6. The van der Waals surface area contributed by atoms with Gasteiger partial charge in [0.1, 0.15) is 0 Å². The minimum Gasteiger partial charge on any atom is -0.451 e. The van der Waals surface area contributed by atoms with Crippen LogP contribution in [-0.4, -0.2) is 19.6 Å². The van der Waals surface area contributed by atoms with Gasteiger partial charge in [-0.15, -0.1) is 0 Å². The van der Waals surface area contributed by atoms with Crippen molar-refractivity contribution in [2.75, 3.05) is 5.32 Å². The van der Waals surface area contributed by atoms with Crippen molar-refractivity contribution in [3.05, 3.63) is 44.6 Å². The van der Waals surface area contributed by atoms with Gasteiger partial charge in [0.05, 0.1) is 11.9 Å². The number of amides is 2. The predicted molar refractivity (Wildman–Crippen MR) is 111 cm³/mol. The number of urea groups is 1. The molecule has 0 spiro atoms. The predicted octanol–water partition coefficient (Wildman–Crippen LogP) is 3.76. The third-order valence-corrected chi connectivity index (χ3v) is 7.74. The van der Waals surface area contributed by atoms with Crippen LogP contribution >= 0.6 is 15.9 Å². The molecule has 0 unspecified atom stereocenters. The number of nitrogens with one attached hydrogen (secondary N) is 2. The molecular formula is C20H23BrN2O5S. The van der Waals surface area contributed by atoms with Gasteiger partial charge in [-0.3, -0.25) is 0 Å². The van der Waals surface area contributed by atoms with Gasteiger partial charge >= 0.3 is 6.03 Å². The number of halogens is 1. The van der Waals surface area contributed by atoms with Crippen molar-refractivity contribution in [3.8, 4) is 0 Å². The average Bonchev–Trinajstić information content (AvgIpc) is 3.37. The number of fused-ring (bicyclic) bond motifs is 2. The second-order valence-electron chi connectivity index (χ2n) is 8.08. The summed E-state index contributed by atoms with van der Waals surface area (Å²) in [5.41, 5.74) is 4.41. The van der Waals surface area contributed by atoms with E-state index >= 15 is 0 Å². The van der Waals surface area contributed by atoms with Crippen LogP contribution < -0.4 is 10.0 Å². The lowest BCUT2D eigenvalue weighted by atomic mass is 9.99. The quantitative estimate of drug-likeness (QED) is 0.614. The number of anilines is 1. The van der Waals surface area contributed by atoms with Crippen molar-refractivity contribution >= 4 is 37.7 Å². The Labute approximate surface area is 178 Å². The van der Waals surface area contributed by atoms with Gasteiger partial charge in [0.15, 0.2) is 0 Å². The zero-order valence-electron chi connectivity index (χ0n) is 16.3. The zero-order chi connectivity index (χ0) is 21.0. The highest BCUT2D eigenvalue weighted by molar-refractivity contribution is 9.10. The molecule has 3 N–H and O–H groups in total. The molecule has 29 heavy (non-hydrogen) atoms. The van der Waals surface area contributed by atoms with E-state index in [1.54, 1.807) is 0 Å². The molecule has 1 aromatic carbocycles. The number of benzene rings is 1.